The molecule has 2 aromatic heterocycles. The zero-order valence-electron chi connectivity index (χ0n) is 11.6. The number of pyridine rings is 1. The molecule has 1 atom stereocenters. The summed E-state index contributed by atoms with van der Waals surface area (Å²) in [5.74, 6) is 0.522. The summed E-state index contributed by atoms with van der Waals surface area (Å²) in [6.07, 6.45) is 3.37. The molecule has 0 saturated carbocycles. The van der Waals surface area contributed by atoms with E-state index < -0.39 is 0 Å². The third-order valence-electron chi connectivity index (χ3n) is 4.16. The highest BCUT2D eigenvalue weighted by Crippen LogP contribution is 2.35. The SMILES string of the molecule is CC(C)c1nn2cccc3c2c1C1=NNC(=O)CC1C3. The Hall–Kier alpha value is -2.17. The number of fused-ring (bicyclic) bond motifs is 2. The molecule has 1 N–H and O–H groups in total. The van der Waals surface area contributed by atoms with Crippen LogP contribution >= 0.6 is 0 Å². The first kappa shape index (κ1) is 11.6. The number of amides is 1. The van der Waals surface area contributed by atoms with Crippen molar-refractivity contribution in [2.75, 3.05) is 0 Å². The highest BCUT2D eigenvalue weighted by molar-refractivity contribution is 6.13. The molecule has 0 saturated heterocycles. The molecular formula is C15H16N4O. The van der Waals surface area contributed by atoms with Crippen molar-refractivity contribution in [2.45, 2.75) is 32.6 Å². The second kappa shape index (κ2) is 3.91. The maximum absolute atomic E-state index is 11.6. The number of nitrogens with zero attached hydrogens (tertiary/aromatic N) is 3. The van der Waals surface area contributed by atoms with Crippen LogP contribution in [0.3, 0.4) is 0 Å². The summed E-state index contributed by atoms with van der Waals surface area (Å²) in [5.41, 5.74) is 8.24. The average molecular weight is 268 g/mol. The van der Waals surface area contributed by atoms with Crippen molar-refractivity contribution in [3.05, 3.63) is 35.2 Å². The lowest BCUT2D eigenvalue weighted by atomic mass is 9.80. The molecule has 0 radical (unpaired) electrons. The number of aromatic nitrogens is 2. The Bertz CT molecular complexity index is 757. The minimum absolute atomic E-state index is 0.00707. The second-order valence-corrected chi connectivity index (χ2v) is 5.88. The van der Waals surface area contributed by atoms with Gasteiger partial charge in [-0.05, 0) is 24.0 Å². The minimum Gasteiger partial charge on any atom is -0.273 e. The smallest absolute Gasteiger partial charge is 0.240 e. The fourth-order valence-electron chi connectivity index (χ4n) is 3.28. The number of carbonyl (C=O) groups is 1. The van der Waals surface area contributed by atoms with Crippen LogP contribution in [0.25, 0.3) is 5.52 Å². The molecule has 2 aromatic rings. The standard InChI is InChI=1S/C15H16N4O/c1-8(2)13-12-14-10(7-11(20)16-17-14)6-9-4-3-5-19(18-13)15(9)12/h3-5,8,10H,6-7H2,1-2H3,(H,16,20). The number of hydrazone groups is 1. The topological polar surface area (TPSA) is 58.8 Å². The zero-order valence-corrected chi connectivity index (χ0v) is 11.6. The molecule has 5 nitrogen and oxygen atoms in total. The van der Waals surface area contributed by atoms with E-state index in [1.165, 1.54) is 5.56 Å². The van der Waals surface area contributed by atoms with E-state index in [9.17, 15) is 4.79 Å². The molecule has 1 aliphatic carbocycles. The van der Waals surface area contributed by atoms with Crippen LogP contribution in [0.2, 0.25) is 0 Å². The number of nitrogens with one attached hydrogen (secondary N) is 1. The summed E-state index contributed by atoms with van der Waals surface area (Å²) in [6.45, 7) is 4.28. The molecule has 3 heterocycles. The first-order valence-electron chi connectivity index (χ1n) is 7.02. The van der Waals surface area contributed by atoms with Gasteiger partial charge in [-0.15, -0.1) is 0 Å². The van der Waals surface area contributed by atoms with Crippen molar-refractivity contribution in [3.8, 4) is 0 Å². The predicted octanol–water partition coefficient (Wildman–Crippen LogP) is 1.85. The molecule has 102 valence electrons. The minimum atomic E-state index is 0.00707. The van der Waals surface area contributed by atoms with Crippen molar-refractivity contribution in [3.63, 3.8) is 0 Å². The van der Waals surface area contributed by atoms with E-state index in [1.54, 1.807) is 0 Å². The quantitative estimate of drug-likeness (QED) is 0.858. The summed E-state index contributed by atoms with van der Waals surface area (Å²) < 4.78 is 1.95. The van der Waals surface area contributed by atoms with Gasteiger partial charge in [0.05, 0.1) is 16.9 Å². The highest BCUT2D eigenvalue weighted by atomic mass is 16.2. The van der Waals surface area contributed by atoms with Gasteiger partial charge in [0, 0.05) is 24.1 Å². The van der Waals surface area contributed by atoms with Gasteiger partial charge in [-0.1, -0.05) is 19.9 Å². The maximum atomic E-state index is 11.6. The lowest BCUT2D eigenvalue weighted by molar-refractivity contribution is -0.122. The van der Waals surface area contributed by atoms with Crippen LogP contribution < -0.4 is 5.43 Å². The summed E-state index contributed by atoms with van der Waals surface area (Å²) in [5, 5.41) is 9.05. The van der Waals surface area contributed by atoms with Crippen LogP contribution in [0.5, 0.6) is 0 Å². The first-order valence-corrected chi connectivity index (χ1v) is 7.02. The van der Waals surface area contributed by atoms with Gasteiger partial charge in [0.2, 0.25) is 5.91 Å². The molecule has 1 aliphatic heterocycles. The first-order chi connectivity index (χ1) is 9.65. The van der Waals surface area contributed by atoms with Gasteiger partial charge >= 0.3 is 0 Å². The monoisotopic (exact) mass is 268 g/mol. The molecule has 2 aliphatic rings. The van der Waals surface area contributed by atoms with Gasteiger partial charge in [0.1, 0.15) is 0 Å². The Balaban J connectivity index is 2.06. The van der Waals surface area contributed by atoms with Crippen LogP contribution in [0, 0.1) is 5.92 Å². The van der Waals surface area contributed by atoms with E-state index in [0.29, 0.717) is 12.3 Å². The van der Waals surface area contributed by atoms with Crippen LogP contribution in [0.4, 0.5) is 0 Å². The molecule has 0 aromatic carbocycles. The van der Waals surface area contributed by atoms with Gasteiger partial charge in [0.15, 0.2) is 0 Å². The normalized spacial score (nSPS) is 20.9. The Labute approximate surface area is 116 Å². The van der Waals surface area contributed by atoms with E-state index in [-0.39, 0.29) is 11.8 Å². The van der Waals surface area contributed by atoms with Crippen LogP contribution in [-0.2, 0) is 11.2 Å². The van der Waals surface area contributed by atoms with Gasteiger partial charge in [-0.3, -0.25) is 4.79 Å². The Morgan fingerprint density at radius 1 is 1.40 bits per heavy atom. The molecular weight excluding hydrogens is 252 g/mol. The maximum Gasteiger partial charge on any atom is 0.240 e. The molecule has 0 fully saturated rings. The van der Waals surface area contributed by atoms with E-state index >= 15 is 0 Å². The number of rotatable bonds is 1. The molecule has 0 spiro atoms. The summed E-state index contributed by atoms with van der Waals surface area (Å²) >= 11 is 0. The van der Waals surface area contributed by atoms with Gasteiger partial charge in [-0.2, -0.15) is 10.2 Å². The third kappa shape index (κ3) is 1.46. The molecule has 1 amide bonds. The van der Waals surface area contributed by atoms with Gasteiger partial charge in [0.25, 0.3) is 0 Å². The molecule has 1 unspecified atom stereocenters. The van der Waals surface area contributed by atoms with Crippen molar-refractivity contribution in [1.29, 1.82) is 0 Å². The third-order valence-corrected chi connectivity index (χ3v) is 4.16. The Kier molecular flexibility index (Phi) is 2.28. The fourth-order valence-corrected chi connectivity index (χ4v) is 3.28. The highest BCUT2D eigenvalue weighted by Gasteiger charge is 2.35. The van der Waals surface area contributed by atoms with Crippen LogP contribution in [0.1, 0.15) is 43.0 Å². The lowest BCUT2D eigenvalue weighted by Gasteiger charge is -2.27. The number of carbonyl (C=O) groups excluding carboxylic acids is 1. The number of hydrogen-bond donors (Lipinski definition) is 1. The Morgan fingerprint density at radius 2 is 2.25 bits per heavy atom. The van der Waals surface area contributed by atoms with Crippen molar-refractivity contribution in [2.24, 2.45) is 11.0 Å². The van der Waals surface area contributed by atoms with E-state index in [4.69, 9.17) is 5.10 Å². The van der Waals surface area contributed by atoms with Crippen molar-refractivity contribution in [1.82, 2.24) is 15.0 Å². The Morgan fingerprint density at radius 3 is 3.05 bits per heavy atom. The molecule has 0 bridgehead atoms. The number of hydrogen-bond acceptors (Lipinski definition) is 3. The largest absolute Gasteiger partial charge is 0.273 e. The van der Waals surface area contributed by atoms with E-state index in [2.05, 4.69) is 30.4 Å². The summed E-state index contributed by atoms with van der Waals surface area (Å²) in [4.78, 5) is 11.6. The molecule has 4 rings (SSSR count). The zero-order chi connectivity index (χ0) is 13.9. The molecule has 5 heteroatoms. The van der Waals surface area contributed by atoms with E-state index in [1.807, 2.05) is 16.8 Å². The van der Waals surface area contributed by atoms with Crippen LogP contribution in [0.15, 0.2) is 23.4 Å². The van der Waals surface area contributed by atoms with Crippen molar-refractivity contribution >= 4 is 17.1 Å². The van der Waals surface area contributed by atoms with Crippen LogP contribution in [-0.4, -0.2) is 21.2 Å². The van der Waals surface area contributed by atoms with Crippen molar-refractivity contribution < 1.29 is 4.79 Å². The lowest BCUT2D eigenvalue weighted by Crippen LogP contribution is -2.36. The van der Waals surface area contributed by atoms with Gasteiger partial charge in [-0.25, -0.2) is 9.94 Å². The molecule has 20 heavy (non-hydrogen) atoms. The second-order valence-electron chi connectivity index (χ2n) is 5.88. The van der Waals surface area contributed by atoms with Gasteiger partial charge < -0.3 is 0 Å². The summed E-state index contributed by atoms with van der Waals surface area (Å²) in [6, 6.07) is 4.15. The predicted molar refractivity (Wildman–Crippen MR) is 75.8 cm³/mol. The van der Waals surface area contributed by atoms with E-state index in [0.717, 1.165) is 28.9 Å². The fraction of sp³-hybridized carbons (Fsp3) is 0.400. The average Bonchev–Trinajstić information content (AvgIpc) is 2.80. The summed E-state index contributed by atoms with van der Waals surface area (Å²) in [7, 11) is 0.